The number of nitro groups is 1. The minimum Gasteiger partial charge on any atom is -0.494 e. The number of rotatable bonds is 9. The summed E-state index contributed by atoms with van der Waals surface area (Å²) >= 11 is 5.81. The summed E-state index contributed by atoms with van der Waals surface area (Å²) in [6.45, 7) is 6.35. The van der Waals surface area contributed by atoms with Gasteiger partial charge >= 0.3 is 0 Å². The van der Waals surface area contributed by atoms with Crippen molar-refractivity contribution < 1.29 is 14.5 Å². The Morgan fingerprint density at radius 1 is 1.12 bits per heavy atom. The van der Waals surface area contributed by atoms with E-state index >= 15 is 0 Å². The third-order valence-electron chi connectivity index (χ3n) is 7.48. The Balaban J connectivity index is 1.50. The molecule has 216 valence electrons. The largest absolute Gasteiger partial charge is 0.494 e. The fraction of sp³-hybridized carbons (Fsp3) is 0.258. The molecule has 2 atom stereocenters. The summed E-state index contributed by atoms with van der Waals surface area (Å²) in [6, 6.07) is 19.6. The Morgan fingerprint density at radius 3 is 2.62 bits per heavy atom. The number of aromatic nitrogens is 2. The van der Waals surface area contributed by atoms with Gasteiger partial charge in [0.2, 0.25) is 5.91 Å². The van der Waals surface area contributed by atoms with E-state index in [4.69, 9.17) is 17.0 Å². The molecule has 0 spiro atoms. The number of carbonyl (C=O) groups excluding carboxylic acids is 1. The highest BCUT2D eigenvalue weighted by Gasteiger charge is 2.41. The van der Waals surface area contributed by atoms with Crippen molar-refractivity contribution in [2.75, 3.05) is 19.0 Å². The van der Waals surface area contributed by atoms with Crippen molar-refractivity contribution >= 4 is 34.6 Å². The van der Waals surface area contributed by atoms with Crippen LogP contribution in [0.1, 0.15) is 46.7 Å². The van der Waals surface area contributed by atoms with E-state index in [9.17, 15) is 14.9 Å². The molecule has 11 heteroatoms. The molecule has 0 aliphatic carbocycles. The number of benzene rings is 2. The Hall–Kier alpha value is -4.77. The van der Waals surface area contributed by atoms with Crippen molar-refractivity contribution in [1.82, 2.24) is 19.8 Å². The van der Waals surface area contributed by atoms with Gasteiger partial charge in [0.05, 0.1) is 41.6 Å². The molecule has 4 aromatic rings. The van der Waals surface area contributed by atoms with E-state index in [1.165, 1.54) is 19.2 Å². The number of amides is 1. The highest BCUT2D eigenvalue weighted by molar-refractivity contribution is 7.80. The molecular formula is C31H32N6O4S. The van der Waals surface area contributed by atoms with Crippen molar-refractivity contribution in [1.29, 1.82) is 0 Å². The van der Waals surface area contributed by atoms with Gasteiger partial charge in [-0.2, -0.15) is 0 Å². The quantitative estimate of drug-likeness (QED) is 0.146. The Kier molecular flexibility index (Phi) is 8.21. The standard InChI is InChI=1S/C31H32N6O4S/c1-19-8-7-9-22(16-19)33-28(38)13-15-35-30(29(34-31(35)42)25-10-5-6-14-32-25)24-17-20(2)36(21(24)3)26-12-11-23(37(39)40)18-27(26)41-4/h5-12,14,16-18,29-30H,13,15H2,1-4H3,(H,33,38)(H,34,42)/t29-,30+/m0/s1. The van der Waals surface area contributed by atoms with Crippen LogP contribution in [0.2, 0.25) is 0 Å². The fourth-order valence-corrected chi connectivity index (χ4v) is 5.91. The van der Waals surface area contributed by atoms with Gasteiger partial charge in [-0.05, 0) is 80.5 Å². The molecule has 1 saturated heterocycles. The molecule has 1 amide bonds. The zero-order chi connectivity index (χ0) is 30.0. The number of hydrogen-bond acceptors (Lipinski definition) is 6. The highest BCUT2D eigenvalue weighted by Crippen LogP contribution is 2.42. The van der Waals surface area contributed by atoms with Crippen LogP contribution in [0.5, 0.6) is 5.75 Å². The third-order valence-corrected chi connectivity index (χ3v) is 7.84. The second kappa shape index (κ2) is 12.0. The van der Waals surface area contributed by atoms with Crippen LogP contribution in [0.3, 0.4) is 0 Å². The van der Waals surface area contributed by atoms with Gasteiger partial charge in [-0.1, -0.05) is 18.2 Å². The van der Waals surface area contributed by atoms with Crippen molar-refractivity contribution in [3.05, 3.63) is 111 Å². The zero-order valence-corrected chi connectivity index (χ0v) is 24.6. The molecule has 0 bridgehead atoms. The van der Waals surface area contributed by atoms with Crippen molar-refractivity contribution in [2.24, 2.45) is 0 Å². The first-order valence-corrected chi connectivity index (χ1v) is 13.9. The SMILES string of the molecule is COc1cc([N+](=O)[O-])ccc1-n1c(C)cc([C@@H]2[C@H](c3ccccn3)NC(=S)N2CCC(=O)Nc2cccc(C)c2)c1C. The monoisotopic (exact) mass is 584 g/mol. The number of methoxy groups -OCH3 is 1. The van der Waals surface area contributed by atoms with E-state index in [2.05, 4.69) is 21.7 Å². The second-order valence-corrected chi connectivity index (χ2v) is 10.6. The van der Waals surface area contributed by atoms with Crippen LogP contribution in [-0.2, 0) is 4.79 Å². The van der Waals surface area contributed by atoms with Crippen LogP contribution in [-0.4, -0.2) is 44.0 Å². The number of nitrogens with one attached hydrogen (secondary N) is 2. The van der Waals surface area contributed by atoms with Crippen LogP contribution >= 0.6 is 12.2 Å². The highest BCUT2D eigenvalue weighted by atomic mass is 32.1. The molecule has 10 nitrogen and oxygen atoms in total. The first-order chi connectivity index (χ1) is 20.2. The van der Waals surface area contributed by atoms with Crippen LogP contribution in [0.4, 0.5) is 11.4 Å². The Bertz CT molecular complexity index is 1650. The van der Waals surface area contributed by atoms with Crippen molar-refractivity contribution in [3.63, 3.8) is 0 Å². The smallest absolute Gasteiger partial charge is 0.273 e. The van der Waals surface area contributed by atoms with Gasteiger partial charge in [0.15, 0.2) is 5.11 Å². The molecule has 2 aromatic carbocycles. The fourth-order valence-electron chi connectivity index (χ4n) is 5.58. The molecule has 5 rings (SSSR count). The van der Waals surface area contributed by atoms with Crippen LogP contribution in [0.25, 0.3) is 5.69 Å². The maximum Gasteiger partial charge on any atom is 0.273 e. The normalized spacial score (nSPS) is 16.3. The molecular weight excluding hydrogens is 552 g/mol. The van der Waals surface area contributed by atoms with Crippen molar-refractivity contribution in [2.45, 2.75) is 39.3 Å². The van der Waals surface area contributed by atoms with Gasteiger partial charge in [0.1, 0.15) is 5.75 Å². The van der Waals surface area contributed by atoms with Crippen LogP contribution in [0.15, 0.2) is 72.9 Å². The Morgan fingerprint density at radius 2 is 1.93 bits per heavy atom. The minimum atomic E-state index is -0.442. The molecule has 0 saturated carbocycles. The molecule has 2 aromatic heterocycles. The number of non-ortho nitro benzene ring substituents is 1. The minimum absolute atomic E-state index is 0.0473. The topological polar surface area (TPSA) is 115 Å². The average molecular weight is 585 g/mol. The van der Waals surface area contributed by atoms with E-state index in [1.807, 2.05) is 72.7 Å². The van der Waals surface area contributed by atoms with E-state index in [0.29, 0.717) is 23.1 Å². The van der Waals surface area contributed by atoms with Crippen molar-refractivity contribution in [3.8, 4) is 11.4 Å². The number of nitro benzene ring substituents is 1. The summed E-state index contributed by atoms with van der Waals surface area (Å²) < 4.78 is 7.59. The van der Waals surface area contributed by atoms with Gasteiger partial charge in [-0.3, -0.25) is 19.9 Å². The summed E-state index contributed by atoms with van der Waals surface area (Å²) in [5, 5.41) is 18.3. The molecule has 3 heterocycles. The zero-order valence-electron chi connectivity index (χ0n) is 23.8. The first kappa shape index (κ1) is 28.7. The van der Waals surface area contributed by atoms with Crippen LogP contribution < -0.4 is 15.4 Å². The van der Waals surface area contributed by atoms with E-state index < -0.39 is 4.92 Å². The molecule has 2 N–H and O–H groups in total. The number of nitrogens with zero attached hydrogens (tertiary/aromatic N) is 4. The van der Waals surface area contributed by atoms with Gasteiger partial charge in [-0.15, -0.1) is 0 Å². The van der Waals surface area contributed by atoms with Gasteiger partial charge < -0.3 is 24.8 Å². The van der Waals surface area contributed by atoms with E-state index in [-0.39, 0.29) is 30.1 Å². The number of thiocarbonyl (C=S) groups is 1. The lowest BCUT2D eigenvalue weighted by Gasteiger charge is -2.28. The average Bonchev–Trinajstić information content (AvgIpc) is 3.45. The Labute approximate surface area is 249 Å². The number of pyridine rings is 1. The molecule has 1 fully saturated rings. The summed E-state index contributed by atoms with van der Waals surface area (Å²) in [5.41, 5.74) is 6.13. The number of ether oxygens (including phenoxy) is 1. The molecule has 1 aliphatic heterocycles. The maximum atomic E-state index is 13.0. The summed E-state index contributed by atoms with van der Waals surface area (Å²) in [4.78, 5) is 30.6. The number of aryl methyl sites for hydroxylation is 2. The lowest BCUT2D eigenvalue weighted by molar-refractivity contribution is -0.384. The molecule has 0 radical (unpaired) electrons. The molecule has 1 aliphatic rings. The third kappa shape index (κ3) is 5.68. The van der Waals surface area contributed by atoms with Crippen LogP contribution in [0, 0.1) is 30.9 Å². The predicted octanol–water partition coefficient (Wildman–Crippen LogP) is 5.72. The molecule has 0 unspecified atom stereocenters. The van der Waals surface area contributed by atoms with Gasteiger partial charge in [0.25, 0.3) is 5.69 Å². The maximum absolute atomic E-state index is 13.0. The lowest BCUT2D eigenvalue weighted by Crippen LogP contribution is -2.32. The molecule has 42 heavy (non-hydrogen) atoms. The second-order valence-electron chi connectivity index (χ2n) is 10.3. The number of anilines is 1. The predicted molar refractivity (Wildman–Crippen MR) is 165 cm³/mol. The van der Waals surface area contributed by atoms with E-state index in [0.717, 1.165) is 33.9 Å². The van der Waals surface area contributed by atoms with E-state index in [1.54, 1.807) is 12.3 Å². The lowest BCUT2D eigenvalue weighted by atomic mass is 9.96. The number of carbonyl (C=O) groups is 1. The van der Waals surface area contributed by atoms with Gasteiger partial charge in [-0.25, -0.2) is 0 Å². The van der Waals surface area contributed by atoms with Gasteiger partial charge in [0, 0.05) is 42.3 Å². The summed E-state index contributed by atoms with van der Waals surface area (Å²) in [6.07, 6.45) is 1.98. The number of hydrogen-bond donors (Lipinski definition) is 2. The first-order valence-electron chi connectivity index (χ1n) is 13.5. The summed E-state index contributed by atoms with van der Waals surface area (Å²) in [7, 11) is 1.50. The summed E-state index contributed by atoms with van der Waals surface area (Å²) in [5.74, 6) is 0.285.